The van der Waals surface area contributed by atoms with Crippen molar-refractivity contribution in [3.63, 3.8) is 0 Å². The monoisotopic (exact) mass is 730 g/mol. The Morgan fingerprint density at radius 2 is 1.81 bits per heavy atom. The van der Waals surface area contributed by atoms with E-state index >= 15 is 0 Å². The van der Waals surface area contributed by atoms with Crippen LogP contribution in [0.2, 0.25) is 0 Å². The summed E-state index contributed by atoms with van der Waals surface area (Å²) in [5.41, 5.74) is 4.60. The zero-order chi connectivity index (χ0) is 36.6. The first-order valence-electron chi connectivity index (χ1n) is 18.8. The number of alkyl halides is 3. The van der Waals surface area contributed by atoms with Crippen LogP contribution in [0.3, 0.4) is 0 Å². The van der Waals surface area contributed by atoms with Gasteiger partial charge in [-0.05, 0) is 80.3 Å². The van der Waals surface area contributed by atoms with Gasteiger partial charge in [-0.25, -0.2) is 4.98 Å². The van der Waals surface area contributed by atoms with Crippen LogP contribution in [0.1, 0.15) is 49.7 Å². The predicted octanol–water partition coefficient (Wildman–Crippen LogP) is 5.82. The number of rotatable bonds is 10. The van der Waals surface area contributed by atoms with Crippen molar-refractivity contribution in [1.29, 1.82) is 0 Å². The number of hydrogen-bond donors (Lipinski definition) is 1. The number of aromatic nitrogens is 4. The second-order valence-corrected chi connectivity index (χ2v) is 15.7. The summed E-state index contributed by atoms with van der Waals surface area (Å²) >= 11 is 0. The first-order valence-corrected chi connectivity index (χ1v) is 18.8. The molecular formula is C39H45F3N8O3. The van der Waals surface area contributed by atoms with Gasteiger partial charge in [0.15, 0.2) is 12.4 Å². The molecule has 53 heavy (non-hydrogen) atoms. The minimum Gasteiger partial charge on any atom is -0.481 e. The van der Waals surface area contributed by atoms with E-state index in [0.29, 0.717) is 61.2 Å². The Kier molecular flexibility index (Phi) is 8.33. The summed E-state index contributed by atoms with van der Waals surface area (Å²) in [4.78, 5) is 31.2. The number of benzene rings is 2. The average molecular weight is 731 g/mol. The van der Waals surface area contributed by atoms with Crippen LogP contribution in [0.15, 0.2) is 37.1 Å². The summed E-state index contributed by atoms with van der Waals surface area (Å²) in [7, 11) is 0. The molecule has 4 saturated heterocycles. The number of piperidine rings is 1. The number of H-pyrrole nitrogens is 1. The number of ether oxygens (including phenoxy) is 2. The third-order valence-electron chi connectivity index (χ3n) is 12.0. The van der Waals surface area contributed by atoms with Crippen LogP contribution in [-0.4, -0.2) is 120 Å². The van der Waals surface area contributed by atoms with E-state index < -0.39 is 12.8 Å². The van der Waals surface area contributed by atoms with Gasteiger partial charge < -0.3 is 24.2 Å². The van der Waals surface area contributed by atoms with Crippen molar-refractivity contribution in [3.8, 4) is 16.9 Å². The number of likely N-dealkylation sites (tertiary alicyclic amines) is 2. The lowest BCUT2D eigenvalue weighted by Crippen LogP contribution is -2.67. The molecular weight excluding hydrogens is 685 g/mol. The summed E-state index contributed by atoms with van der Waals surface area (Å²) in [6.07, 6.45) is 2.44. The molecule has 5 fully saturated rings. The first-order chi connectivity index (χ1) is 25.5. The second kappa shape index (κ2) is 12.9. The van der Waals surface area contributed by atoms with E-state index in [4.69, 9.17) is 19.4 Å². The van der Waals surface area contributed by atoms with Crippen molar-refractivity contribution in [2.45, 2.75) is 63.8 Å². The van der Waals surface area contributed by atoms with Crippen molar-refractivity contribution in [2.24, 2.45) is 5.41 Å². The molecule has 1 N–H and O–H groups in total. The highest BCUT2D eigenvalue weighted by atomic mass is 19.4. The largest absolute Gasteiger partial charge is 0.481 e. The lowest BCUT2D eigenvalue weighted by atomic mass is 9.72. The molecule has 0 unspecified atom stereocenters. The van der Waals surface area contributed by atoms with Gasteiger partial charge in [0.1, 0.15) is 11.3 Å². The van der Waals surface area contributed by atoms with Crippen LogP contribution < -0.4 is 14.5 Å². The van der Waals surface area contributed by atoms with E-state index in [1.54, 1.807) is 6.20 Å². The highest BCUT2D eigenvalue weighted by Crippen LogP contribution is 2.53. The lowest BCUT2D eigenvalue weighted by Gasteiger charge is -2.54. The minimum absolute atomic E-state index is 0.0416. The number of amides is 1. The molecule has 14 heteroatoms. The molecule has 280 valence electrons. The van der Waals surface area contributed by atoms with E-state index in [0.717, 1.165) is 85.3 Å². The molecule has 0 radical (unpaired) electrons. The van der Waals surface area contributed by atoms with E-state index in [1.807, 2.05) is 30.9 Å². The van der Waals surface area contributed by atoms with Crippen LogP contribution in [0.25, 0.3) is 32.9 Å². The summed E-state index contributed by atoms with van der Waals surface area (Å²) in [5, 5.41) is 8.87. The maximum Gasteiger partial charge on any atom is 0.422 e. The topological polar surface area (TPSA) is 103 Å². The summed E-state index contributed by atoms with van der Waals surface area (Å²) in [5.74, 6) is 1.51. The third kappa shape index (κ3) is 6.17. The Morgan fingerprint density at radius 3 is 2.49 bits per heavy atom. The minimum atomic E-state index is -4.55. The normalized spacial score (nSPS) is 20.9. The van der Waals surface area contributed by atoms with Gasteiger partial charge in [-0.15, -0.1) is 0 Å². The number of aromatic amines is 1. The number of anilines is 2. The molecule has 1 aliphatic carbocycles. The molecule has 11 nitrogen and oxygen atoms in total. The van der Waals surface area contributed by atoms with E-state index in [1.165, 1.54) is 6.08 Å². The number of fused-ring (bicyclic) bond motifs is 2. The number of halogens is 3. The zero-order valence-electron chi connectivity index (χ0n) is 30.2. The van der Waals surface area contributed by atoms with Gasteiger partial charge in [-0.3, -0.25) is 14.8 Å². The third-order valence-corrected chi connectivity index (χ3v) is 12.0. The fraction of sp³-hybridized carbons (Fsp3) is 0.538. The van der Waals surface area contributed by atoms with Crippen LogP contribution >= 0.6 is 0 Å². The molecule has 6 heterocycles. The fourth-order valence-corrected chi connectivity index (χ4v) is 8.85. The van der Waals surface area contributed by atoms with Crippen molar-refractivity contribution < 1.29 is 27.4 Å². The van der Waals surface area contributed by atoms with E-state index in [-0.39, 0.29) is 29.1 Å². The Hall–Kier alpha value is -4.43. The van der Waals surface area contributed by atoms with Gasteiger partial charge in [-0.1, -0.05) is 12.6 Å². The predicted molar refractivity (Wildman–Crippen MR) is 197 cm³/mol. The number of carbonyl (C=O) groups excluding carboxylic acids is 1. The van der Waals surface area contributed by atoms with Crippen LogP contribution in [0.4, 0.5) is 24.9 Å². The van der Waals surface area contributed by atoms with Gasteiger partial charge in [-0.2, -0.15) is 23.3 Å². The van der Waals surface area contributed by atoms with Crippen LogP contribution in [0, 0.1) is 12.3 Å². The summed E-state index contributed by atoms with van der Waals surface area (Å²) in [6.45, 7) is 13.0. The Balaban J connectivity index is 1.16. The number of aryl methyl sites for hydroxylation is 1. The second-order valence-electron chi connectivity index (χ2n) is 15.7. The molecule has 0 atom stereocenters. The molecule has 5 aliphatic rings. The van der Waals surface area contributed by atoms with E-state index in [2.05, 4.69) is 37.5 Å². The number of carbonyl (C=O) groups is 1. The maximum absolute atomic E-state index is 14.1. The molecule has 2 aromatic carbocycles. The first kappa shape index (κ1) is 34.3. The van der Waals surface area contributed by atoms with Crippen molar-refractivity contribution in [2.75, 3.05) is 75.4 Å². The van der Waals surface area contributed by atoms with Crippen LogP contribution in [-0.2, 0) is 9.53 Å². The molecule has 2 aromatic heterocycles. The van der Waals surface area contributed by atoms with Crippen molar-refractivity contribution in [3.05, 3.63) is 48.2 Å². The maximum atomic E-state index is 14.1. The quantitative estimate of drug-likeness (QED) is 0.202. The number of nitrogens with one attached hydrogen (secondary N) is 1. The summed E-state index contributed by atoms with van der Waals surface area (Å²) in [6, 6.07) is 6.38. The van der Waals surface area contributed by atoms with Gasteiger partial charge in [0, 0.05) is 86.8 Å². The highest BCUT2D eigenvalue weighted by molar-refractivity contribution is 6.06. The SMILES string of the molecule is C=CC(=O)N1CC2(CCN(c3nc(N4CC(N5CC(OCC)C5)C4)nc4c(OCC(F)(F)F)c(-c5c(C)ccc6[nH]ncc56)c(C5CC5)cc34)CC2)C1. The van der Waals surface area contributed by atoms with Gasteiger partial charge in [0.05, 0.1) is 17.8 Å². The molecule has 4 aliphatic heterocycles. The molecule has 4 aromatic rings. The van der Waals surface area contributed by atoms with Gasteiger partial charge in [0.25, 0.3) is 0 Å². The Labute approximate surface area is 306 Å². The standard InChI is InChI=1S/C39H45F3N8O3/c1-4-31(51)50-20-38(21-50)10-12-47(13-11-38)36-28-14-27(24-7-8-24)33(32-23(3)6-9-30-29(32)15-43-46-30)35(53-22-39(40,41)42)34(28)44-37(45-36)49-16-25(17-49)48-18-26(19-48)52-5-2/h4,6,9,14-15,24-26H,1,5,7-8,10-13,16-22H2,2-3H3,(H,43,46). The zero-order valence-corrected chi connectivity index (χ0v) is 30.2. The number of hydrogen-bond acceptors (Lipinski definition) is 9. The highest BCUT2D eigenvalue weighted by Gasteiger charge is 2.47. The summed E-state index contributed by atoms with van der Waals surface area (Å²) < 4.78 is 54.0. The average Bonchev–Trinajstić information content (AvgIpc) is 3.83. The van der Waals surface area contributed by atoms with Gasteiger partial charge in [0.2, 0.25) is 11.9 Å². The molecule has 1 amide bonds. The number of nitrogens with zero attached hydrogens (tertiary/aromatic N) is 7. The van der Waals surface area contributed by atoms with E-state index in [9.17, 15) is 18.0 Å². The van der Waals surface area contributed by atoms with Crippen LogP contribution in [0.5, 0.6) is 5.75 Å². The van der Waals surface area contributed by atoms with Crippen molar-refractivity contribution in [1.82, 2.24) is 30.0 Å². The lowest BCUT2D eigenvalue weighted by molar-refractivity contribution is -0.153. The van der Waals surface area contributed by atoms with Crippen molar-refractivity contribution >= 4 is 39.5 Å². The Morgan fingerprint density at radius 1 is 1.06 bits per heavy atom. The Bertz CT molecular complexity index is 2070. The smallest absolute Gasteiger partial charge is 0.422 e. The fourth-order valence-electron chi connectivity index (χ4n) is 8.85. The molecule has 9 rings (SSSR count). The molecule has 1 spiro atoms. The van der Waals surface area contributed by atoms with Gasteiger partial charge >= 0.3 is 6.18 Å². The molecule has 1 saturated carbocycles. The molecule has 0 bridgehead atoms.